The van der Waals surface area contributed by atoms with Gasteiger partial charge in [-0.05, 0) is 11.0 Å². The first-order valence-electron chi connectivity index (χ1n) is 5.24. The van der Waals surface area contributed by atoms with Gasteiger partial charge in [-0.15, -0.1) is 0 Å². The fourth-order valence-corrected chi connectivity index (χ4v) is 1.62. The van der Waals surface area contributed by atoms with Crippen molar-refractivity contribution in [3.8, 4) is 0 Å². The van der Waals surface area contributed by atoms with Crippen molar-refractivity contribution in [2.45, 2.75) is 6.54 Å². The van der Waals surface area contributed by atoms with Crippen LogP contribution in [0.15, 0.2) is 41.5 Å². The Bertz CT molecular complexity index is 557. The number of hydrogen-bond acceptors (Lipinski definition) is 3. The fraction of sp³-hybridized carbons (Fsp3) is 0.182. The number of rotatable bonds is 3. The van der Waals surface area contributed by atoms with Crippen LogP contribution in [0.5, 0.6) is 0 Å². The molecular weight excluding hydrogens is 219 g/mol. The molecule has 1 aromatic heterocycles. The van der Waals surface area contributed by atoms with Gasteiger partial charge in [0.25, 0.3) is 0 Å². The second-order valence-corrected chi connectivity index (χ2v) is 3.93. The third-order valence-corrected chi connectivity index (χ3v) is 2.65. The first kappa shape index (κ1) is 11.7. The fourth-order valence-electron chi connectivity index (χ4n) is 1.62. The Morgan fingerprint density at radius 1 is 1.18 bits per heavy atom. The third kappa shape index (κ3) is 2.48. The van der Waals surface area contributed by atoms with Crippen molar-refractivity contribution in [2.75, 3.05) is 0 Å². The summed E-state index contributed by atoms with van der Waals surface area (Å²) in [6, 6.07) is 6.81. The second-order valence-electron chi connectivity index (χ2n) is 3.93. The number of imidazole rings is 1. The van der Waals surface area contributed by atoms with Crippen LogP contribution < -0.4 is 11.2 Å². The molecule has 1 heterocycles. The maximum atomic E-state index is 11.6. The van der Waals surface area contributed by atoms with Crippen LogP contribution in [0, 0.1) is 0 Å². The number of hydrogen-bond donors (Lipinski definition) is 2. The van der Waals surface area contributed by atoms with Crippen molar-refractivity contribution in [1.29, 1.82) is 0 Å². The largest absolute Gasteiger partial charge is 0.488 e. The van der Waals surface area contributed by atoms with Gasteiger partial charge in [-0.25, -0.2) is 4.79 Å². The van der Waals surface area contributed by atoms with Gasteiger partial charge in [0.05, 0.1) is 6.54 Å². The molecule has 0 aliphatic carbocycles. The molecule has 0 aliphatic rings. The molecule has 0 amide bonds. The Balaban J connectivity index is 2.19. The first-order valence-corrected chi connectivity index (χ1v) is 5.24. The smallest absolute Gasteiger partial charge is 0.423 e. The van der Waals surface area contributed by atoms with Crippen molar-refractivity contribution in [3.05, 3.63) is 52.7 Å². The van der Waals surface area contributed by atoms with E-state index in [9.17, 15) is 4.79 Å². The monoisotopic (exact) mass is 232 g/mol. The number of aromatic nitrogens is 2. The molecule has 0 atom stereocenters. The van der Waals surface area contributed by atoms with Crippen LogP contribution in [0.4, 0.5) is 0 Å². The molecule has 2 rings (SSSR count). The summed E-state index contributed by atoms with van der Waals surface area (Å²) in [5.74, 6) is 0. The average Bonchev–Trinajstić information content (AvgIpc) is 2.62. The molecule has 1 aromatic carbocycles. The van der Waals surface area contributed by atoms with Crippen LogP contribution in [0.2, 0.25) is 0 Å². The van der Waals surface area contributed by atoms with Gasteiger partial charge in [0.1, 0.15) is 0 Å². The highest BCUT2D eigenvalue weighted by Gasteiger charge is 2.09. The zero-order chi connectivity index (χ0) is 12.4. The summed E-state index contributed by atoms with van der Waals surface area (Å²) in [6.07, 6.45) is 3.42. The summed E-state index contributed by atoms with van der Waals surface area (Å²) in [5, 5.41) is 17.9. The molecule has 5 nitrogen and oxygen atoms in total. The minimum Gasteiger partial charge on any atom is -0.423 e. The molecule has 0 fully saturated rings. The molecule has 0 saturated carbocycles. The number of nitrogens with zero attached hydrogens (tertiary/aromatic N) is 2. The van der Waals surface area contributed by atoms with E-state index < -0.39 is 7.12 Å². The molecule has 0 unspecified atom stereocenters. The molecule has 0 saturated heterocycles. The summed E-state index contributed by atoms with van der Waals surface area (Å²) in [6.45, 7) is 0.474. The summed E-state index contributed by atoms with van der Waals surface area (Å²) in [4.78, 5) is 11.6. The number of aryl methyl sites for hydroxylation is 1. The van der Waals surface area contributed by atoms with Crippen molar-refractivity contribution < 1.29 is 10.0 Å². The molecular formula is C11H13BN2O3. The highest BCUT2D eigenvalue weighted by Crippen LogP contribution is 1.99. The van der Waals surface area contributed by atoms with E-state index >= 15 is 0 Å². The van der Waals surface area contributed by atoms with Gasteiger partial charge in [-0.2, -0.15) is 0 Å². The standard InChI is InChI=1S/C11H13BN2O3/c1-13-6-7-14(11(13)15)8-9-2-4-10(5-3-9)12(16)17/h2-7,16-17H,8H2,1H3. The maximum Gasteiger partial charge on any atom is 0.488 e. The predicted molar refractivity (Wildman–Crippen MR) is 65.0 cm³/mol. The summed E-state index contributed by atoms with van der Waals surface area (Å²) in [5.41, 5.74) is 1.30. The van der Waals surface area contributed by atoms with E-state index in [1.54, 1.807) is 48.3 Å². The predicted octanol–water partition coefficient (Wildman–Crippen LogP) is -1.09. The summed E-state index contributed by atoms with van der Waals surface area (Å²) < 4.78 is 3.09. The average molecular weight is 232 g/mol. The van der Waals surface area contributed by atoms with Gasteiger partial charge in [0, 0.05) is 19.4 Å². The molecule has 0 bridgehead atoms. The van der Waals surface area contributed by atoms with Crippen LogP contribution >= 0.6 is 0 Å². The minimum atomic E-state index is -1.46. The van der Waals surface area contributed by atoms with Crippen LogP contribution in [0.25, 0.3) is 0 Å². The van der Waals surface area contributed by atoms with E-state index in [1.165, 1.54) is 4.57 Å². The topological polar surface area (TPSA) is 67.4 Å². The highest BCUT2D eigenvalue weighted by molar-refractivity contribution is 6.58. The summed E-state index contributed by atoms with van der Waals surface area (Å²) in [7, 11) is 0.243. The van der Waals surface area contributed by atoms with Gasteiger partial charge in [0.2, 0.25) is 0 Å². The Kier molecular flexibility index (Phi) is 3.17. The van der Waals surface area contributed by atoms with E-state index in [-0.39, 0.29) is 5.69 Å². The van der Waals surface area contributed by atoms with Crippen LogP contribution in [-0.2, 0) is 13.6 Å². The molecule has 0 aliphatic heterocycles. The lowest BCUT2D eigenvalue weighted by Crippen LogP contribution is -2.29. The zero-order valence-electron chi connectivity index (χ0n) is 9.45. The number of benzene rings is 1. The summed E-state index contributed by atoms with van der Waals surface area (Å²) >= 11 is 0. The van der Waals surface area contributed by atoms with Gasteiger partial charge in [-0.1, -0.05) is 24.3 Å². The van der Waals surface area contributed by atoms with E-state index in [0.717, 1.165) is 5.56 Å². The third-order valence-electron chi connectivity index (χ3n) is 2.65. The quantitative estimate of drug-likeness (QED) is 0.661. The van der Waals surface area contributed by atoms with E-state index in [1.807, 2.05) is 0 Å². The molecule has 0 spiro atoms. The van der Waals surface area contributed by atoms with Crippen molar-refractivity contribution in [2.24, 2.45) is 7.05 Å². The Labute approximate surface area is 98.7 Å². The highest BCUT2D eigenvalue weighted by atomic mass is 16.4. The molecule has 0 radical (unpaired) electrons. The van der Waals surface area contributed by atoms with Gasteiger partial charge in [-0.3, -0.25) is 4.57 Å². The lowest BCUT2D eigenvalue weighted by molar-refractivity contribution is 0.426. The first-order chi connectivity index (χ1) is 8.08. The molecule has 88 valence electrons. The lowest BCUT2D eigenvalue weighted by Gasteiger charge is -2.04. The normalized spacial score (nSPS) is 10.5. The zero-order valence-corrected chi connectivity index (χ0v) is 9.45. The van der Waals surface area contributed by atoms with Gasteiger partial charge in [0.15, 0.2) is 0 Å². The lowest BCUT2D eigenvalue weighted by atomic mass is 9.80. The van der Waals surface area contributed by atoms with E-state index in [0.29, 0.717) is 12.0 Å². The van der Waals surface area contributed by atoms with Crippen LogP contribution in [0.1, 0.15) is 5.56 Å². The molecule has 2 N–H and O–H groups in total. The van der Waals surface area contributed by atoms with Crippen LogP contribution in [-0.4, -0.2) is 26.3 Å². The van der Waals surface area contributed by atoms with Crippen molar-refractivity contribution in [1.82, 2.24) is 9.13 Å². The Morgan fingerprint density at radius 2 is 1.82 bits per heavy atom. The Morgan fingerprint density at radius 3 is 2.29 bits per heavy atom. The minimum absolute atomic E-state index is 0.0729. The second kappa shape index (κ2) is 4.61. The van der Waals surface area contributed by atoms with Crippen molar-refractivity contribution in [3.63, 3.8) is 0 Å². The molecule has 6 heteroatoms. The van der Waals surface area contributed by atoms with E-state index in [2.05, 4.69) is 0 Å². The van der Waals surface area contributed by atoms with Gasteiger partial charge < -0.3 is 14.6 Å². The van der Waals surface area contributed by atoms with Gasteiger partial charge >= 0.3 is 12.8 Å². The Hall–Kier alpha value is -1.79. The van der Waals surface area contributed by atoms with Crippen LogP contribution in [0.3, 0.4) is 0 Å². The molecule has 2 aromatic rings. The maximum absolute atomic E-state index is 11.6. The van der Waals surface area contributed by atoms with E-state index in [4.69, 9.17) is 10.0 Å². The van der Waals surface area contributed by atoms with Crippen molar-refractivity contribution >= 4 is 12.6 Å². The SMILES string of the molecule is Cn1ccn(Cc2ccc(B(O)O)cc2)c1=O. The molecule has 17 heavy (non-hydrogen) atoms.